The summed E-state index contributed by atoms with van der Waals surface area (Å²) in [6.45, 7) is 3.84. The van der Waals surface area contributed by atoms with Crippen LogP contribution in [0.25, 0.3) is 28.0 Å². The molecule has 0 spiro atoms. The molecule has 110 valence electrons. The number of hydrogen-bond donors (Lipinski definition) is 1. The van der Waals surface area contributed by atoms with Crippen molar-refractivity contribution in [2.45, 2.75) is 19.4 Å². The quantitative estimate of drug-likeness (QED) is 0.640. The summed E-state index contributed by atoms with van der Waals surface area (Å²) < 4.78 is 11.6. The number of aromatic hydroxyl groups is 1. The summed E-state index contributed by atoms with van der Waals surface area (Å²) in [6, 6.07) is 8.67. The van der Waals surface area contributed by atoms with Gasteiger partial charge in [0.05, 0.1) is 10.9 Å². The van der Waals surface area contributed by atoms with Crippen molar-refractivity contribution in [3.63, 3.8) is 0 Å². The third-order valence-corrected chi connectivity index (χ3v) is 3.87. The number of hydrogen-bond acceptors (Lipinski definition) is 4. The first-order valence-electron chi connectivity index (χ1n) is 7.06. The highest BCUT2D eigenvalue weighted by Gasteiger charge is 2.26. The van der Waals surface area contributed by atoms with E-state index in [0.717, 1.165) is 0 Å². The molecule has 0 unspecified atom stereocenters. The number of ether oxygens (including phenoxy) is 1. The van der Waals surface area contributed by atoms with Crippen LogP contribution in [0.1, 0.15) is 19.4 Å². The molecule has 0 saturated heterocycles. The average molecular weight is 294 g/mol. The predicted octanol–water partition coefficient (Wildman–Crippen LogP) is 3.84. The first kappa shape index (κ1) is 13.0. The maximum Gasteiger partial charge on any atom is 0.204 e. The van der Waals surface area contributed by atoms with Crippen LogP contribution in [0.15, 0.2) is 45.6 Å². The first-order valence-corrected chi connectivity index (χ1v) is 7.06. The second-order valence-electron chi connectivity index (χ2n) is 5.98. The molecule has 0 atom stereocenters. The van der Waals surface area contributed by atoms with Crippen LogP contribution in [0.3, 0.4) is 0 Å². The van der Waals surface area contributed by atoms with Gasteiger partial charge in [0.25, 0.3) is 0 Å². The third-order valence-electron chi connectivity index (χ3n) is 3.87. The fourth-order valence-electron chi connectivity index (χ4n) is 2.78. The molecule has 4 nitrogen and oxygen atoms in total. The van der Waals surface area contributed by atoms with Gasteiger partial charge < -0.3 is 14.3 Å². The molecule has 0 aliphatic carbocycles. The lowest BCUT2D eigenvalue weighted by Gasteiger charge is -2.28. The van der Waals surface area contributed by atoms with E-state index in [1.807, 2.05) is 19.9 Å². The Morgan fingerprint density at radius 3 is 2.73 bits per heavy atom. The van der Waals surface area contributed by atoms with Crippen molar-refractivity contribution in [2.75, 3.05) is 0 Å². The van der Waals surface area contributed by atoms with Gasteiger partial charge in [-0.15, -0.1) is 0 Å². The van der Waals surface area contributed by atoms with Crippen LogP contribution in [-0.4, -0.2) is 10.7 Å². The largest absolute Gasteiger partial charge is 0.506 e. The summed E-state index contributed by atoms with van der Waals surface area (Å²) in [4.78, 5) is 12.6. The van der Waals surface area contributed by atoms with E-state index in [0.29, 0.717) is 27.9 Å². The van der Waals surface area contributed by atoms with Crippen LogP contribution in [0, 0.1) is 0 Å². The molecule has 4 rings (SSSR count). The Kier molecular flexibility index (Phi) is 2.43. The second-order valence-corrected chi connectivity index (χ2v) is 5.98. The van der Waals surface area contributed by atoms with Crippen LogP contribution in [-0.2, 0) is 0 Å². The molecule has 0 amide bonds. The zero-order valence-corrected chi connectivity index (χ0v) is 12.2. The molecule has 2 heterocycles. The maximum atomic E-state index is 12.6. The van der Waals surface area contributed by atoms with Gasteiger partial charge in [-0.2, -0.15) is 0 Å². The highest BCUT2D eigenvalue weighted by Crippen LogP contribution is 2.41. The molecule has 0 bridgehead atoms. The van der Waals surface area contributed by atoms with Crippen molar-refractivity contribution < 1.29 is 14.3 Å². The first-order chi connectivity index (χ1) is 10.5. The molecule has 4 heteroatoms. The summed E-state index contributed by atoms with van der Waals surface area (Å²) in [5, 5.41) is 11.2. The van der Waals surface area contributed by atoms with Crippen molar-refractivity contribution in [1.82, 2.24) is 0 Å². The second kappa shape index (κ2) is 4.13. The number of para-hydroxylation sites is 1. The monoisotopic (exact) mass is 294 g/mol. The summed E-state index contributed by atoms with van der Waals surface area (Å²) in [6.07, 6.45) is 3.63. The van der Waals surface area contributed by atoms with E-state index in [1.54, 1.807) is 36.4 Å². The molecule has 1 N–H and O–H groups in total. The lowest BCUT2D eigenvalue weighted by molar-refractivity contribution is 0.158. The number of phenols is 1. The molecule has 1 aliphatic rings. The van der Waals surface area contributed by atoms with E-state index in [-0.39, 0.29) is 16.6 Å². The molecule has 0 saturated carbocycles. The minimum atomic E-state index is -0.468. The summed E-state index contributed by atoms with van der Waals surface area (Å²) in [5.41, 5.74) is 0.616. The molecule has 1 aliphatic heterocycles. The Hall–Kier alpha value is -2.75. The fourth-order valence-corrected chi connectivity index (χ4v) is 2.78. The van der Waals surface area contributed by atoms with Gasteiger partial charge in [0.1, 0.15) is 33.7 Å². The minimum Gasteiger partial charge on any atom is -0.506 e. The van der Waals surface area contributed by atoms with Crippen LogP contribution in [0.4, 0.5) is 0 Å². The lowest BCUT2D eigenvalue weighted by Crippen LogP contribution is -2.27. The van der Waals surface area contributed by atoms with E-state index < -0.39 is 5.60 Å². The van der Waals surface area contributed by atoms with Gasteiger partial charge in [0, 0.05) is 6.07 Å². The zero-order chi connectivity index (χ0) is 15.5. The molecule has 22 heavy (non-hydrogen) atoms. The maximum absolute atomic E-state index is 12.6. The van der Waals surface area contributed by atoms with E-state index in [1.165, 1.54) is 0 Å². The Morgan fingerprint density at radius 1 is 1.14 bits per heavy atom. The van der Waals surface area contributed by atoms with Gasteiger partial charge >= 0.3 is 0 Å². The number of phenolic OH excluding ortho intramolecular Hbond substituents is 1. The van der Waals surface area contributed by atoms with Gasteiger partial charge in [0.15, 0.2) is 0 Å². The van der Waals surface area contributed by atoms with Crippen molar-refractivity contribution in [1.29, 1.82) is 0 Å². The normalized spacial score (nSPS) is 15.7. The summed E-state index contributed by atoms with van der Waals surface area (Å²) in [7, 11) is 0. The van der Waals surface area contributed by atoms with E-state index in [4.69, 9.17) is 9.15 Å². The Morgan fingerprint density at radius 2 is 1.91 bits per heavy atom. The van der Waals surface area contributed by atoms with Crippen molar-refractivity contribution >= 4 is 28.0 Å². The standard InChI is InChI=1S/C18H14O4/c1-18(2)8-7-11-13(22-18)9-14-15(17(11)20)16(19)10-5-3-4-6-12(10)21-14/h3-9,20H,1-2H3. The van der Waals surface area contributed by atoms with Gasteiger partial charge in [0.2, 0.25) is 5.43 Å². The van der Waals surface area contributed by atoms with Gasteiger partial charge in [-0.25, -0.2) is 0 Å². The lowest BCUT2D eigenvalue weighted by atomic mass is 9.99. The minimum absolute atomic E-state index is 0.0984. The topological polar surface area (TPSA) is 59.7 Å². The van der Waals surface area contributed by atoms with Crippen LogP contribution < -0.4 is 10.2 Å². The smallest absolute Gasteiger partial charge is 0.204 e. The van der Waals surface area contributed by atoms with E-state index in [2.05, 4.69) is 0 Å². The summed E-state index contributed by atoms with van der Waals surface area (Å²) in [5.74, 6) is 0.412. The Balaban J connectivity index is 2.16. The van der Waals surface area contributed by atoms with Gasteiger partial charge in [-0.3, -0.25) is 4.79 Å². The third kappa shape index (κ3) is 1.73. The molecule has 0 radical (unpaired) electrons. The molecule has 0 fully saturated rings. The van der Waals surface area contributed by atoms with Gasteiger partial charge in [-0.05, 0) is 38.1 Å². The van der Waals surface area contributed by atoms with E-state index >= 15 is 0 Å². The van der Waals surface area contributed by atoms with Gasteiger partial charge in [-0.1, -0.05) is 12.1 Å². The number of benzene rings is 2. The number of fused-ring (bicyclic) bond motifs is 3. The van der Waals surface area contributed by atoms with Crippen molar-refractivity contribution in [3.8, 4) is 11.5 Å². The van der Waals surface area contributed by atoms with Crippen LogP contribution in [0.2, 0.25) is 0 Å². The predicted molar refractivity (Wildman–Crippen MR) is 85.4 cm³/mol. The molecular formula is C18H14O4. The SMILES string of the molecule is CC1(C)C=Cc2c(cc3oc4ccccc4c(=O)c3c2O)O1. The average Bonchev–Trinajstić information content (AvgIpc) is 2.46. The van der Waals surface area contributed by atoms with Crippen LogP contribution >= 0.6 is 0 Å². The highest BCUT2D eigenvalue weighted by atomic mass is 16.5. The highest BCUT2D eigenvalue weighted by molar-refractivity contribution is 5.96. The molecule has 2 aromatic carbocycles. The van der Waals surface area contributed by atoms with E-state index in [9.17, 15) is 9.90 Å². The Bertz CT molecular complexity index is 1010. The molecule has 1 aromatic heterocycles. The number of rotatable bonds is 0. The zero-order valence-electron chi connectivity index (χ0n) is 12.2. The molecule has 3 aromatic rings. The van der Waals surface area contributed by atoms with Crippen LogP contribution in [0.5, 0.6) is 11.5 Å². The van der Waals surface area contributed by atoms with Crippen molar-refractivity contribution in [3.05, 3.63) is 52.2 Å². The Labute approximate surface area is 126 Å². The van der Waals surface area contributed by atoms with Crippen molar-refractivity contribution in [2.24, 2.45) is 0 Å². The molecular weight excluding hydrogens is 280 g/mol. The fraction of sp³-hybridized carbons (Fsp3) is 0.167. The summed E-state index contributed by atoms with van der Waals surface area (Å²) >= 11 is 0.